The first-order chi connectivity index (χ1) is 22.6. The number of aliphatic hydroxyl groups is 1. The molecule has 16 heteroatoms. The van der Waals surface area contributed by atoms with Crippen molar-refractivity contribution in [2.24, 2.45) is 0 Å². The number of ether oxygens (including phenoxy) is 3. The molecule has 4 aromatic rings. The van der Waals surface area contributed by atoms with Gasteiger partial charge in [-0.15, -0.1) is 5.10 Å². The molecule has 47 heavy (non-hydrogen) atoms. The molecule has 14 nitrogen and oxygen atoms in total. The fourth-order valence-corrected chi connectivity index (χ4v) is 6.75. The van der Waals surface area contributed by atoms with Crippen LogP contribution in [0.15, 0.2) is 47.7 Å². The highest BCUT2D eigenvalue weighted by Gasteiger charge is 2.48. The molecule has 2 aromatic carbocycles. The number of halogens is 2. The lowest BCUT2D eigenvalue weighted by molar-refractivity contribution is 0.00980. The zero-order valence-electron chi connectivity index (χ0n) is 24.7. The predicted molar refractivity (Wildman–Crippen MR) is 159 cm³/mol. The smallest absolute Gasteiger partial charge is 0.414 e. The molecule has 5 heterocycles. The first-order valence-electron chi connectivity index (χ1n) is 15.1. The van der Waals surface area contributed by atoms with Gasteiger partial charge in [0.15, 0.2) is 23.1 Å². The van der Waals surface area contributed by atoms with Gasteiger partial charge in [0.05, 0.1) is 48.5 Å². The Labute approximate surface area is 264 Å². The molecular formula is C31H28F2N6O8. The van der Waals surface area contributed by atoms with Crippen molar-refractivity contribution >= 4 is 34.3 Å². The third kappa shape index (κ3) is 4.99. The summed E-state index contributed by atoms with van der Waals surface area (Å²) in [6.45, 7) is 0.164. The van der Waals surface area contributed by atoms with Gasteiger partial charge in [-0.3, -0.25) is 9.69 Å². The Morgan fingerprint density at radius 3 is 2.70 bits per heavy atom. The van der Waals surface area contributed by atoms with Gasteiger partial charge in [0.2, 0.25) is 5.43 Å². The van der Waals surface area contributed by atoms with Crippen LogP contribution in [-0.2, 0) is 11.3 Å². The zero-order valence-corrected chi connectivity index (χ0v) is 24.7. The fourth-order valence-electron chi connectivity index (χ4n) is 6.75. The van der Waals surface area contributed by atoms with E-state index in [-0.39, 0.29) is 67.0 Å². The second kappa shape index (κ2) is 10.7. The zero-order chi connectivity index (χ0) is 32.6. The molecule has 0 radical (unpaired) electrons. The van der Waals surface area contributed by atoms with E-state index in [1.807, 2.05) is 0 Å². The summed E-state index contributed by atoms with van der Waals surface area (Å²) in [5, 5.41) is 28.6. The van der Waals surface area contributed by atoms with Crippen LogP contribution in [0, 0.1) is 11.6 Å². The number of carboxylic acid groups (broad SMARTS) is 1. The van der Waals surface area contributed by atoms with Crippen LogP contribution in [0.25, 0.3) is 10.9 Å². The highest BCUT2D eigenvalue weighted by molar-refractivity contribution is 5.97. The predicted octanol–water partition coefficient (Wildman–Crippen LogP) is 2.71. The minimum atomic E-state index is -1.52. The van der Waals surface area contributed by atoms with Crippen LogP contribution in [0.3, 0.4) is 0 Å². The molecule has 8 rings (SSSR count). The molecule has 2 saturated heterocycles. The average molecular weight is 651 g/mol. The number of carbonyl (C=O) groups excluding carboxylic acids is 1. The average Bonchev–Trinajstić information content (AvgIpc) is 3.45. The number of aromatic nitrogens is 4. The van der Waals surface area contributed by atoms with Crippen LogP contribution in [0.2, 0.25) is 0 Å². The van der Waals surface area contributed by atoms with Crippen molar-refractivity contribution in [1.82, 2.24) is 19.6 Å². The number of carbonyl (C=O) groups is 2. The maximum absolute atomic E-state index is 15.7. The van der Waals surface area contributed by atoms with E-state index in [1.165, 1.54) is 34.1 Å². The first kappa shape index (κ1) is 29.2. The van der Waals surface area contributed by atoms with Gasteiger partial charge in [-0.25, -0.2) is 23.1 Å². The number of pyridine rings is 1. The largest absolute Gasteiger partial charge is 0.487 e. The van der Waals surface area contributed by atoms with Gasteiger partial charge in [0.1, 0.15) is 36.2 Å². The SMILES string of the molecule is O=C(O)c1cn(C2CC2)c2c3c(c(F)cc2c1=O)N1C[C@](O)(COc2ccc(N4C[C@@H](Cn5ccnn5)OC4=O)cc2F)C[C@@H]1CO3. The van der Waals surface area contributed by atoms with Crippen LogP contribution in [-0.4, -0.2) is 85.9 Å². The summed E-state index contributed by atoms with van der Waals surface area (Å²) in [4.78, 5) is 40.2. The van der Waals surface area contributed by atoms with Gasteiger partial charge in [-0.05, 0) is 31.0 Å². The molecule has 3 aliphatic heterocycles. The molecule has 1 aliphatic carbocycles. The van der Waals surface area contributed by atoms with Crippen molar-refractivity contribution in [3.05, 3.63) is 70.3 Å². The maximum atomic E-state index is 15.7. The number of hydrogen-bond donors (Lipinski definition) is 2. The number of cyclic esters (lactones) is 1. The van der Waals surface area contributed by atoms with Crippen molar-refractivity contribution in [3.8, 4) is 11.5 Å². The minimum Gasteiger partial charge on any atom is -0.487 e. The summed E-state index contributed by atoms with van der Waals surface area (Å²) >= 11 is 0. The molecule has 0 unspecified atom stereocenters. The Bertz CT molecular complexity index is 2000. The molecule has 0 spiro atoms. The quantitative estimate of drug-likeness (QED) is 0.289. The lowest BCUT2D eigenvalue weighted by atomic mass is 10.0. The highest BCUT2D eigenvalue weighted by atomic mass is 19.1. The third-order valence-corrected chi connectivity index (χ3v) is 9.06. The first-order valence-corrected chi connectivity index (χ1v) is 15.1. The standard InChI is InChI=1S/C31H28F2N6O8/c32-22-7-17(38-11-19(47-30(38)43)10-36-6-5-34-35-36)3-4-24(22)46-15-31(44)9-18-13-45-28-25-20(8-23(33)26(28)39(18)14-31)27(40)21(29(41)42)12-37(25)16-1-2-16/h3-8,12,16,18-19,44H,1-2,9-11,13-15H2,(H,41,42)/t18-,19-,31+/m1/s1. The fraction of sp³-hybridized carbons (Fsp3) is 0.387. The van der Waals surface area contributed by atoms with E-state index < -0.39 is 52.4 Å². The number of benzene rings is 2. The molecule has 0 bridgehead atoms. The van der Waals surface area contributed by atoms with E-state index in [1.54, 1.807) is 15.7 Å². The van der Waals surface area contributed by atoms with Crippen LogP contribution in [0.5, 0.6) is 11.5 Å². The number of fused-ring (bicyclic) bond motifs is 5. The van der Waals surface area contributed by atoms with Gasteiger partial charge in [-0.2, -0.15) is 0 Å². The molecule has 1 amide bonds. The Morgan fingerprint density at radius 1 is 1.15 bits per heavy atom. The van der Waals surface area contributed by atoms with Gasteiger partial charge in [0.25, 0.3) is 0 Å². The summed E-state index contributed by atoms with van der Waals surface area (Å²) in [5.74, 6) is -2.95. The summed E-state index contributed by atoms with van der Waals surface area (Å²) in [7, 11) is 0. The van der Waals surface area contributed by atoms with Crippen molar-refractivity contribution in [2.75, 3.05) is 36.1 Å². The summed E-state index contributed by atoms with van der Waals surface area (Å²) < 4.78 is 51.3. The lowest BCUT2D eigenvalue weighted by Gasteiger charge is -2.34. The second-order valence-corrected chi connectivity index (χ2v) is 12.4. The molecule has 1 saturated carbocycles. The molecule has 3 atom stereocenters. The van der Waals surface area contributed by atoms with E-state index in [4.69, 9.17) is 14.2 Å². The van der Waals surface area contributed by atoms with Crippen molar-refractivity contribution in [2.45, 2.75) is 49.6 Å². The summed E-state index contributed by atoms with van der Waals surface area (Å²) in [5.41, 5.74) is -2.11. The highest BCUT2D eigenvalue weighted by Crippen LogP contribution is 2.48. The summed E-state index contributed by atoms with van der Waals surface area (Å²) in [6, 6.07) is 4.57. The van der Waals surface area contributed by atoms with E-state index in [0.717, 1.165) is 25.0 Å². The van der Waals surface area contributed by atoms with Crippen molar-refractivity contribution in [1.29, 1.82) is 0 Å². The monoisotopic (exact) mass is 650 g/mol. The number of amides is 1. The summed E-state index contributed by atoms with van der Waals surface area (Å²) in [6.07, 6.45) is 4.99. The second-order valence-electron chi connectivity index (χ2n) is 12.4. The molecule has 4 aliphatic rings. The van der Waals surface area contributed by atoms with Gasteiger partial charge in [-0.1, -0.05) is 5.21 Å². The van der Waals surface area contributed by atoms with E-state index in [9.17, 15) is 24.6 Å². The van der Waals surface area contributed by atoms with Crippen LogP contribution in [0.1, 0.15) is 35.7 Å². The van der Waals surface area contributed by atoms with E-state index in [2.05, 4.69) is 10.3 Å². The van der Waals surface area contributed by atoms with E-state index in [0.29, 0.717) is 12.1 Å². The lowest BCUT2D eigenvalue weighted by Crippen LogP contribution is -2.41. The van der Waals surface area contributed by atoms with Crippen molar-refractivity contribution < 1.29 is 42.8 Å². The van der Waals surface area contributed by atoms with Crippen LogP contribution >= 0.6 is 0 Å². The van der Waals surface area contributed by atoms with Crippen molar-refractivity contribution in [3.63, 3.8) is 0 Å². The number of carboxylic acids is 1. The van der Waals surface area contributed by atoms with Crippen LogP contribution in [0.4, 0.5) is 25.0 Å². The third-order valence-electron chi connectivity index (χ3n) is 9.06. The van der Waals surface area contributed by atoms with Crippen LogP contribution < -0.4 is 24.7 Å². The number of aromatic carboxylic acids is 1. The number of hydrogen-bond acceptors (Lipinski definition) is 10. The molecule has 2 N–H and O–H groups in total. The maximum Gasteiger partial charge on any atom is 0.414 e. The Kier molecular flexibility index (Phi) is 6.61. The van der Waals surface area contributed by atoms with Gasteiger partial charge < -0.3 is 33.9 Å². The molecule has 244 valence electrons. The van der Waals surface area contributed by atoms with E-state index >= 15 is 8.78 Å². The topological polar surface area (TPSA) is 161 Å². The Morgan fingerprint density at radius 2 is 1.98 bits per heavy atom. The number of nitrogens with zero attached hydrogens (tertiary/aromatic N) is 6. The molecule has 2 aromatic heterocycles. The Balaban J connectivity index is 1.01. The minimum absolute atomic E-state index is 0.0468. The molecule has 3 fully saturated rings. The Hall–Kier alpha value is -5.25. The van der Waals surface area contributed by atoms with Gasteiger partial charge >= 0.3 is 12.1 Å². The van der Waals surface area contributed by atoms with Gasteiger partial charge in [0, 0.05) is 30.9 Å². The normalized spacial score (nSPS) is 23.4. The number of rotatable bonds is 8. The molecular weight excluding hydrogens is 622 g/mol. The number of anilines is 2.